The van der Waals surface area contributed by atoms with E-state index in [0.717, 1.165) is 5.69 Å². The molecule has 4 rings (SSSR count). The van der Waals surface area contributed by atoms with Crippen molar-refractivity contribution in [1.82, 2.24) is 10.7 Å². The summed E-state index contributed by atoms with van der Waals surface area (Å²) in [5.41, 5.74) is 4.67. The van der Waals surface area contributed by atoms with Gasteiger partial charge in [-0.15, -0.1) is 0 Å². The van der Waals surface area contributed by atoms with E-state index in [1.165, 1.54) is 12.3 Å². The molecule has 0 aliphatic carbocycles. The molecule has 0 spiro atoms. The van der Waals surface area contributed by atoms with Crippen molar-refractivity contribution in [2.75, 3.05) is 19.0 Å². The number of hydrazone groups is 1. The van der Waals surface area contributed by atoms with Crippen molar-refractivity contribution in [3.05, 3.63) is 124 Å². The SMILES string of the molecule is CN(C)c1ccc(/C=C(\NC(=O)c2ccccc2)C(=O)N/N=C/c2ccc(-c3ccccc3[N+](=O)[O-])o2)cc1. The molecule has 0 fully saturated rings. The molecule has 1 heterocycles. The van der Waals surface area contributed by atoms with Crippen molar-refractivity contribution < 1.29 is 18.9 Å². The zero-order valence-corrected chi connectivity index (χ0v) is 21.2. The molecule has 3 aromatic carbocycles. The molecule has 0 saturated heterocycles. The van der Waals surface area contributed by atoms with Gasteiger partial charge in [0, 0.05) is 31.4 Å². The number of furan rings is 1. The number of carbonyl (C=O) groups is 2. The zero-order chi connectivity index (χ0) is 27.8. The predicted molar refractivity (Wildman–Crippen MR) is 149 cm³/mol. The summed E-state index contributed by atoms with van der Waals surface area (Å²) in [6.07, 6.45) is 2.81. The number of carbonyl (C=O) groups excluding carboxylic acids is 2. The average Bonchev–Trinajstić information content (AvgIpc) is 3.42. The summed E-state index contributed by atoms with van der Waals surface area (Å²) in [6, 6.07) is 25.3. The Morgan fingerprint density at radius 1 is 0.923 bits per heavy atom. The number of hydrogen-bond acceptors (Lipinski definition) is 7. The van der Waals surface area contributed by atoms with Gasteiger partial charge in [-0.05, 0) is 54.1 Å². The van der Waals surface area contributed by atoms with Crippen LogP contribution in [0.25, 0.3) is 17.4 Å². The third kappa shape index (κ3) is 6.83. The topological polar surface area (TPSA) is 130 Å². The number of amides is 2. The zero-order valence-electron chi connectivity index (χ0n) is 21.2. The number of hydrogen-bond donors (Lipinski definition) is 2. The van der Waals surface area contributed by atoms with Gasteiger partial charge >= 0.3 is 0 Å². The summed E-state index contributed by atoms with van der Waals surface area (Å²) >= 11 is 0. The smallest absolute Gasteiger partial charge is 0.287 e. The third-order valence-corrected chi connectivity index (χ3v) is 5.60. The van der Waals surface area contributed by atoms with Crippen LogP contribution in [-0.2, 0) is 4.79 Å². The number of benzene rings is 3. The van der Waals surface area contributed by atoms with Crippen molar-refractivity contribution in [3.63, 3.8) is 0 Å². The Morgan fingerprint density at radius 3 is 2.31 bits per heavy atom. The molecule has 2 amide bonds. The van der Waals surface area contributed by atoms with Gasteiger partial charge in [0.05, 0.1) is 16.7 Å². The minimum Gasteiger partial charge on any atom is -0.455 e. The number of rotatable bonds is 9. The van der Waals surface area contributed by atoms with E-state index in [4.69, 9.17) is 4.42 Å². The Labute approximate surface area is 224 Å². The van der Waals surface area contributed by atoms with Crippen LogP contribution in [0, 0.1) is 10.1 Å². The Kier molecular flexibility index (Phi) is 8.27. The summed E-state index contributed by atoms with van der Waals surface area (Å²) in [5.74, 6) is -0.558. The van der Waals surface area contributed by atoms with E-state index in [-0.39, 0.29) is 22.9 Å². The molecule has 4 aromatic rings. The van der Waals surface area contributed by atoms with Crippen LogP contribution >= 0.6 is 0 Å². The maximum absolute atomic E-state index is 13.0. The fourth-order valence-corrected chi connectivity index (χ4v) is 3.60. The highest BCUT2D eigenvalue weighted by atomic mass is 16.6. The lowest BCUT2D eigenvalue weighted by atomic mass is 10.1. The maximum atomic E-state index is 13.0. The standard InChI is InChI=1S/C29H25N5O5/c1-33(2)22-14-12-20(13-15-22)18-25(31-28(35)21-8-4-3-5-9-21)29(36)32-30-19-23-16-17-27(39-23)24-10-6-7-11-26(24)34(37)38/h3-19H,1-2H3,(H,31,35)(H,32,36)/b25-18-,30-19+. The molecule has 0 saturated carbocycles. The first-order valence-electron chi connectivity index (χ1n) is 11.8. The Morgan fingerprint density at radius 2 is 1.62 bits per heavy atom. The van der Waals surface area contributed by atoms with Crippen molar-refractivity contribution >= 4 is 35.5 Å². The second kappa shape index (κ2) is 12.2. The fourth-order valence-electron chi connectivity index (χ4n) is 3.60. The van der Waals surface area contributed by atoms with Crippen LogP contribution in [0.5, 0.6) is 0 Å². The highest BCUT2D eigenvalue weighted by Crippen LogP contribution is 2.30. The van der Waals surface area contributed by atoms with Crippen LogP contribution in [0.1, 0.15) is 21.7 Å². The minimum absolute atomic E-state index is 0.0151. The third-order valence-electron chi connectivity index (χ3n) is 5.60. The van der Waals surface area contributed by atoms with Crippen molar-refractivity contribution in [3.8, 4) is 11.3 Å². The fraction of sp³-hybridized carbons (Fsp3) is 0.0690. The van der Waals surface area contributed by atoms with Crippen LogP contribution in [0.4, 0.5) is 11.4 Å². The first-order valence-corrected chi connectivity index (χ1v) is 11.8. The van der Waals surface area contributed by atoms with Crippen molar-refractivity contribution in [1.29, 1.82) is 0 Å². The maximum Gasteiger partial charge on any atom is 0.287 e. The molecule has 10 nitrogen and oxygen atoms in total. The molecule has 10 heteroatoms. The largest absolute Gasteiger partial charge is 0.455 e. The van der Waals surface area contributed by atoms with Crippen molar-refractivity contribution in [2.45, 2.75) is 0 Å². The lowest BCUT2D eigenvalue weighted by Crippen LogP contribution is -2.32. The van der Waals surface area contributed by atoms with Crippen molar-refractivity contribution in [2.24, 2.45) is 5.10 Å². The second-order valence-electron chi connectivity index (χ2n) is 8.54. The molecule has 0 atom stereocenters. The quantitative estimate of drug-likeness (QED) is 0.140. The Balaban J connectivity index is 1.52. The van der Waals surface area contributed by atoms with Crippen LogP contribution in [0.2, 0.25) is 0 Å². The molecule has 0 unspecified atom stereocenters. The Hall–Kier alpha value is -5.51. The van der Waals surface area contributed by atoms with E-state index >= 15 is 0 Å². The predicted octanol–water partition coefficient (Wildman–Crippen LogP) is 4.84. The van der Waals surface area contributed by atoms with Gasteiger partial charge in [0.1, 0.15) is 17.2 Å². The molecule has 0 aliphatic heterocycles. The summed E-state index contributed by atoms with van der Waals surface area (Å²) in [5, 5.41) is 17.9. The number of nitrogens with zero attached hydrogens (tertiary/aromatic N) is 3. The van der Waals surface area contributed by atoms with Crippen LogP contribution in [0.15, 0.2) is 106 Å². The van der Waals surface area contributed by atoms with Gasteiger partial charge in [-0.25, -0.2) is 5.43 Å². The molecular formula is C29H25N5O5. The van der Waals surface area contributed by atoms with Gasteiger partial charge < -0.3 is 14.6 Å². The van der Waals surface area contributed by atoms with Crippen LogP contribution < -0.4 is 15.6 Å². The molecule has 39 heavy (non-hydrogen) atoms. The van der Waals surface area contributed by atoms with Gasteiger partial charge in [0.15, 0.2) is 0 Å². The number of nitrogens with one attached hydrogen (secondary N) is 2. The molecule has 1 aromatic heterocycles. The molecule has 0 radical (unpaired) electrons. The highest BCUT2D eigenvalue weighted by molar-refractivity contribution is 6.05. The molecule has 196 valence electrons. The summed E-state index contributed by atoms with van der Waals surface area (Å²) in [6.45, 7) is 0. The van der Waals surface area contributed by atoms with E-state index in [2.05, 4.69) is 15.8 Å². The monoisotopic (exact) mass is 523 g/mol. The highest BCUT2D eigenvalue weighted by Gasteiger charge is 2.17. The van der Waals surface area contributed by atoms with Gasteiger partial charge in [-0.1, -0.05) is 42.5 Å². The van der Waals surface area contributed by atoms with E-state index < -0.39 is 16.7 Å². The average molecular weight is 524 g/mol. The Bertz CT molecular complexity index is 1540. The number of nitro groups is 1. The van der Waals surface area contributed by atoms with Gasteiger partial charge in [-0.2, -0.15) is 5.10 Å². The minimum atomic E-state index is -0.655. The first-order chi connectivity index (χ1) is 18.8. The van der Waals surface area contributed by atoms with Gasteiger partial charge in [-0.3, -0.25) is 19.7 Å². The second-order valence-corrected chi connectivity index (χ2v) is 8.54. The molecule has 2 N–H and O–H groups in total. The molecular weight excluding hydrogens is 498 g/mol. The van der Waals surface area contributed by atoms with Gasteiger partial charge in [0.25, 0.3) is 17.5 Å². The summed E-state index contributed by atoms with van der Waals surface area (Å²) in [7, 11) is 3.84. The van der Waals surface area contributed by atoms with E-state index in [0.29, 0.717) is 16.7 Å². The van der Waals surface area contributed by atoms with E-state index in [1.807, 2.05) is 43.3 Å². The number of anilines is 1. The van der Waals surface area contributed by atoms with Crippen LogP contribution in [-0.4, -0.2) is 37.0 Å². The molecule has 0 aliphatic rings. The summed E-state index contributed by atoms with van der Waals surface area (Å²) < 4.78 is 5.66. The van der Waals surface area contributed by atoms with E-state index in [1.54, 1.807) is 66.7 Å². The lowest BCUT2D eigenvalue weighted by molar-refractivity contribution is -0.384. The normalized spacial score (nSPS) is 11.3. The van der Waals surface area contributed by atoms with Crippen LogP contribution in [0.3, 0.4) is 0 Å². The summed E-state index contributed by atoms with van der Waals surface area (Å²) in [4.78, 5) is 38.5. The number of nitro benzene ring substituents is 1. The van der Waals surface area contributed by atoms with Gasteiger partial charge in [0.2, 0.25) is 0 Å². The lowest BCUT2D eigenvalue weighted by Gasteiger charge is -2.12. The number of para-hydroxylation sites is 1. The first kappa shape index (κ1) is 26.6. The molecule has 0 bridgehead atoms. The van der Waals surface area contributed by atoms with E-state index in [9.17, 15) is 19.7 Å².